The highest BCUT2D eigenvalue weighted by molar-refractivity contribution is 6.35. The number of hydrogen-bond acceptors (Lipinski definition) is 4. The van der Waals surface area contributed by atoms with Gasteiger partial charge in [-0.25, -0.2) is 0 Å². The third kappa shape index (κ3) is 6.05. The number of para-hydroxylation sites is 2. The van der Waals surface area contributed by atoms with Gasteiger partial charge in [-0.2, -0.15) is 0 Å². The molecule has 0 aliphatic carbocycles. The molecule has 0 aromatic heterocycles. The van der Waals surface area contributed by atoms with E-state index in [0.29, 0.717) is 33.8 Å². The molecule has 144 valence electrons. The summed E-state index contributed by atoms with van der Waals surface area (Å²) in [6, 6.07) is 11.8. The van der Waals surface area contributed by atoms with Crippen molar-refractivity contribution < 1.29 is 19.1 Å². The van der Waals surface area contributed by atoms with Gasteiger partial charge in [0, 0.05) is 11.6 Å². The standard InChI is InChI=1S/C19H20Cl2N2O4/c1-3-23(11-18(24)22-15-6-4-5-7-17(15)26-2)19(25)12-27-16-9-8-13(20)10-14(16)21/h4-10H,3,11-12H2,1-2H3,(H,22,24). The number of anilines is 1. The van der Waals surface area contributed by atoms with E-state index >= 15 is 0 Å². The van der Waals surface area contributed by atoms with Gasteiger partial charge in [0.2, 0.25) is 5.91 Å². The molecule has 0 unspecified atom stereocenters. The minimum Gasteiger partial charge on any atom is -0.495 e. The first-order valence-corrected chi connectivity index (χ1v) is 8.98. The first-order valence-electron chi connectivity index (χ1n) is 8.23. The summed E-state index contributed by atoms with van der Waals surface area (Å²) in [7, 11) is 1.52. The van der Waals surface area contributed by atoms with Gasteiger partial charge >= 0.3 is 0 Å². The van der Waals surface area contributed by atoms with Gasteiger partial charge in [0.25, 0.3) is 5.91 Å². The van der Waals surface area contributed by atoms with E-state index in [4.69, 9.17) is 32.7 Å². The lowest BCUT2D eigenvalue weighted by molar-refractivity contribution is -0.136. The molecule has 2 aromatic rings. The molecule has 2 rings (SSSR count). The zero-order chi connectivity index (χ0) is 19.8. The van der Waals surface area contributed by atoms with Gasteiger partial charge in [-0.05, 0) is 37.3 Å². The largest absolute Gasteiger partial charge is 0.495 e. The average Bonchev–Trinajstić information content (AvgIpc) is 2.65. The fourth-order valence-electron chi connectivity index (χ4n) is 2.31. The first kappa shape index (κ1) is 20.9. The van der Waals surface area contributed by atoms with Crippen LogP contribution in [-0.2, 0) is 9.59 Å². The van der Waals surface area contributed by atoms with Gasteiger partial charge in [0.05, 0.1) is 24.4 Å². The van der Waals surface area contributed by atoms with Crippen LogP contribution in [0.25, 0.3) is 0 Å². The molecular weight excluding hydrogens is 391 g/mol. The number of carbonyl (C=O) groups is 2. The van der Waals surface area contributed by atoms with Crippen LogP contribution in [0, 0.1) is 0 Å². The van der Waals surface area contributed by atoms with Crippen LogP contribution in [0.3, 0.4) is 0 Å². The molecule has 8 heteroatoms. The van der Waals surface area contributed by atoms with Gasteiger partial charge in [-0.15, -0.1) is 0 Å². The number of halogens is 2. The van der Waals surface area contributed by atoms with Crippen molar-refractivity contribution in [3.63, 3.8) is 0 Å². The average molecular weight is 411 g/mol. The molecule has 0 aliphatic heterocycles. The lowest BCUT2D eigenvalue weighted by Gasteiger charge is -2.21. The Morgan fingerprint density at radius 2 is 1.85 bits per heavy atom. The lowest BCUT2D eigenvalue weighted by atomic mass is 10.3. The number of ether oxygens (including phenoxy) is 2. The van der Waals surface area contributed by atoms with E-state index in [1.165, 1.54) is 18.1 Å². The van der Waals surface area contributed by atoms with Crippen molar-refractivity contribution in [2.45, 2.75) is 6.92 Å². The minimum absolute atomic E-state index is 0.106. The number of likely N-dealkylation sites (N-methyl/N-ethyl adjacent to an activating group) is 1. The van der Waals surface area contributed by atoms with E-state index in [0.717, 1.165) is 0 Å². The Labute approximate surface area is 168 Å². The molecule has 0 saturated heterocycles. The van der Waals surface area contributed by atoms with Crippen LogP contribution in [0.5, 0.6) is 11.5 Å². The van der Waals surface area contributed by atoms with Crippen LogP contribution in [0.15, 0.2) is 42.5 Å². The normalized spacial score (nSPS) is 10.2. The predicted molar refractivity (Wildman–Crippen MR) is 106 cm³/mol. The van der Waals surface area contributed by atoms with E-state index < -0.39 is 0 Å². The Morgan fingerprint density at radius 1 is 1.11 bits per heavy atom. The second-order valence-corrected chi connectivity index (χ2v) is 6.36. The molecule has 0 spiro atoms. The summed E-state index contributed by atoms with van der Waals surface area (Å²) in [6.45, 7) is 1.79. The number of benzene rings is 2. The molecule has 2 aromatic carbocycles. The number of carbonyl (C=O) groups excluding carboxylic acids is 2. The number of amides is 2. The molecule has 0 atom stereocenters. The predicted octanol–water partition coefficient (Wildman–Crippen LogP) is 3.87. The Bertz CT molecular complexity index is 814. The summed E-state index contributed by atoms with van der Waals surface area (Å²) < 4.78 is 10.6. The monoisotopic (exact) mass is 410 g/mol. The molecule has 0 bridgehead atoms. The summed E-state index contributed by atoms with van der Waals surface area (Å²) >= 11 is 11.8. The van der Waals surface area contributed by atoms with Crippen LogP contribution < -0.4 is 14.8 Å². The maximum Gasteiger partial charge on any atom is 0.260 e. The molecule has 0 heterocycles. The van der Waals surface area contributed by atoms with E-state index in [2.05, 4.69) is 5.32 Å². The maximum atomic E-state index is 12.4. The minimum atomic E-state index is -0.335. The smallest absolute Gasteiger partial charge is 0.260 e. The van der Waals surface area contributed by atoms with Crippen molar-refractivity contribution >= 4 is 40.7 Å². The summed E-state index contributed by atoms with van der Waals surface area (Å²) in [5, 5.41) is 3.52. The quantitative estimate of drug-likeness (QED) is 0.716. The van der Waals surface area contributed by atoms with Gasteiger partial charge in [0.1, 0.15) is 11.5 Å². The van der Waals surface area contributed by atoms with Crippen LogP contribution in [0.1, 0.15) is 6.92 Å². The van der Waals surface area contributed by atoms with Crippen molar-refractivity contribution in [1.82, 2.24) is 4.90 Å². The zero-order valence-corrected chi connectivity index (χ0v) is 16.5. The highest BCUT2D eigenvalue weighted by Gasteiger charge is 2.17. The second kappa shape index (κ2) is 10.0. The van der Waals surface area contributed by atoms with E-state index in [1.807, 2.05) is 0 Å². The van der Waals surface area contributed by atoms with Crippen LogP contribution >= 0.6 is 23.2 Å². The van der Waals surface area contributed by atoms with Crippen molar-refractivity contribution in [1.29, 1.82) is 0 Å². The number of hydrogen-bond donors (Lipinski definition) is 1. The molecule has 0 saturated carbocycles. The van der Waals surface area contributed by atoms with Crippen molar-refractivity contribution in [2.24, 2.45) is 0 Å². The summed E-state index contributed by atoms with van der Waals surface area (Å²) in [4.78, 5) is 26.0. The topological polar surface area (TPSA) is 67.9 Å². The molecule has 0 radical (unpaired) electrons. The van der Waals surface area contributed by atoms with E-state index in [-0.39, 0.29) is 25.0 Å². The Hall–Kier alpha value is -2.44. The fraction of sp³-hybridized carbons (Fsp3) is 0.263. The Balaban J connectivity index is 1.93. The fourth-order valence-corrected chi connectivity index (χ4v) is 2.77. The van der Waals surface area contributed by atoms with Crippen LogP contribution in [0.4, 0.5) is 5.69 Å². The number of methoxy groups -OCH3 is 1. The third-order valence-corrected chi connectivity index (χ3v) is 4.23. The van der Waals surface area contributed by atoms with E-state index in [9.17, 15) is 9.59 Å². The zero-order valence-electron chi connectivity index (χ0n) is 15.0. The van der Waals surface area contributed by atoms with Crippen LogP contribution in [-0.4, -0.2) is 43.5 Å². The number of nitrogens with one attached hydrogen (secondary N) is 1. The number of rotatable bonds is 8. The van der Waals surface area contributed by atoms with E-state index in [1.54, 1.807) is 43.3 Å². The second-order valence-electron chi connectivity index (χ2n) is 5.52. The third-order valence-electron chi connectivity index (χ3n) is 3.70. The molecular formula is C19H20Cl2N2O4. The SMILES string of the molecule is CCN(CC(=O)Nc1ccccc1OC)C(=O)COc1ccc(Cl)cc1Cl. The number of nitrogens with zero attached hydrogens (tertiary/aromatic N) is 1. The van der Waals surface area contributed by atoms with Crippen molar-refractivity contribution in [3.05, 3.63) is 52.5 Å². The summed E-state index contributed by atoms with van der Waals surface area (Å²) in [5.74, 6) is 0.225. The molecule has 1 N–H and O–H groups in total. The lowest BCUT2D eigenvalue weighted by Crippen LogP contribution is -2.40. The van der Waals surface area contributed by atoms with Crippen LogP contribution in [0.2, 0.25) is 10.0 Å². The molecule has 27 heavy (non-hydrogen) atoms. The highest BCUT2D eigenvalue weighted by atomic mass is 35.5. The van der Waals surface area contributed by atoms with Gasteiger partial charge < -0.3 is 19.7 Å². The van der Waals surface area contributed by atoms with Gasteiger partial charge in [-0.1, -0.05) is 35.3 Å². The van der Waals surface area contributed by atoms with Crippen molar-refractivity contribution in [3.8, 4) is 11.5 Å². The van der Waals surface area contributed by atoms with Gasteiger partial charge in [0.15, 0.2) is 6.61 Å². The Morgan fingerprint density at radius 3 is 2.52 bits per heavy atom. The van der Waals surface area contributed by atoms with Gasteiger partial charge in [-0.3, -0.25) is 9.59 Å². The Kier molecular flexibility index (Phi) is 7.76. The first-order chi connectivity index (χ1) is 12.9. The maximum absolute atomic E-state index is 12.4. The summed E-state index contributed by atoms with van der Waals surface area (Å²) in [6.07, 6.45) is 0. The van der Waals surface area contributed by atoms with Crippen molar-refractivity contribution in [2.75, 3.05) is 32.1 Å². The molecule has 6 nitrogen and oxygen atoms in total. The summed E-state index contributed by atoms with van der Waals surface area (Å²) in [5.41, 5.74) is 0.540. The molecule has 0 aliphatic rings. The molecule has 0 fully saturated rings. The highest BCUT2D eigenvalue weighted by Crippen LogP contribution is 2.27. The molecule has 2 amide bonds.